The molecule has 0 spiro atoms. The summed E-state index contributed by atoms with van der Waals surface area (Å²) in [5.74, 6) is -0.225. The Labute approximate surface area is 145 Å². The molecule has 9 nitrogen and oxygen atoms in total. The minimum absolute atomic E-state index is 0.0833. The zero-order chi connectivity index (χ0) is 18.2. The number of amides is 3. The first kappa shape index (κ1) is 18.3. The molecule has 3 amide bonds. The first-order valence-corrected chi connectivity index (χ1v) is 7.68. The lowest BCUT2D eigenvalue weighted by atomic mass is 10.1. The Morgan fingerprint density at radius 2 is 1.72 bits per heavy atom. The lowest BCUT2D eigenvalue weighted by Crippen LogP contribution is -2.40. The predicted molar refractivity (Wildman–Crippen MR) is 93.2 cm³/mol. The molecule has 0 fully saturated rings. The lowest BCUT2D eigenvalue weighted by Gasteiger charge is -2.14. The van der Waals surface area contributed by atoms with Crippen LogP contribution in [-0.4, -0.2) is 28.5 Å². The Bertz CT molecular complexity index is 704. The Morgan fingerprint density at radius 1 is 1.08 bits per heavy atom. The van der Waals surface area contributed by atoms with E-state index >= 15 is 0 Å². The summed E-state index contributed by atoms with van der Waals surface area (Å²) in [4.78, 5) is 31.5. The van der Waals surface area contributed by atoms with Gasteiger partial charge in [-0.15, -0.1) is 0 Å². The number of hydrogen-bond donors (Lipinski definition) is 5. The van der Waals surface area contributed by atoms with Crippen LogP contribution >= 0.6 is 0 Å². The van der Waals surface area contributed by atoms with E-state index in [1.165, 1.54) is 12.4 Å². The van der Waals surface area contributed by atoms with E-state index in [0.29, 0.717) is 5.56 Å². The second-order valence-electron chi connectivity index (χ2n) is 5.37. The Morgan fingerprint density at radius 3 is 2.32 bits per heavy atom. The van der Waals surface area contributed by atoms with Crippen molar-refractivity contribution in [1.29, 1.82) is 0 Å². The van der Waals surface area contributed by atoms with Gasteiger partial charge in [0.2, 0.25) is 11.9 Å². The first-order valence-electron chi connectivity index (χ1n) is 7.68. The zero-order valence-corrected chi connectivity index (χ0v) is 13.8. The maximum absolute atomic E-state index is 11.9. The zero-order valence-electron chi connectivity index (χ0n) is 13.8. The largest absolute Gasteiger partial charge is 0.348 e. The average Bonchev–Trinajstić information content (AvgIpc) is 2.61. The molecular formula is C16H21N7O2. The van der Waals surface area contributed by atoms with Crippen LogP contribution in [0.3, 0.4) is 0 Å². The molecule has 1 heterocycles. The Kier molecular flexibility index (Phi) is 6.38. The molecule has 2 rings (SSSR count). The van der Waals surface area contributed by atoms with Crippen LogP contribution < -0.4 is 27.4 Å². The van der Waals surface area contributed by atoms with Crippen molar-refractivity contribution in [1.82, 2.24) is 20.6 Å². The van der Waals surface area contributed by atoms with Crippen molar-refractivity contribution in [2.75, 3.05) is 11.9 Å². The third kappa shape index (κ3) is 5.83. The van der Waals surface area contributed by atoms with Gasteiger partial charge in [0, 0.05) is 18.0 Å². The quantitative estimate of drug-likeness (QED) is 0.479. The van der Waals surface area contributed by atoms with Crippen molar-refractivity contribution in [3.8, 4) is 0 Å². The van der Waals surface area contributed by atoms with Crippen LogP contribution in [0.1, 0.15) is 30.3 Å². The molecule has 0 unspecified atom stereocenters. The van der Waals surface area contributed by atoms with Gasteiger partial charge in [0.15, 0.2) is 0 Å². The molecule has 1 aromatic heterocycles. The second kappa shape index (κ2) is 8.71. The van der Waals surface area contributed by atoms with Crippen molar-refractivity contribution in [3.63, 3.8) is 0 Å². The van der Waals surface area contributed by atoms with Gasteiger partial charge in [0.1, 0.15) is 0 Å². The summed E-state index contributed by atoms with van der Waals surface area (Å²) in [7, 11) is 0. The van der Waals surface area contributed by atoms with Crippen LogP contribution in [0.2, 0.25) is 0 Å². The highest BCUT2D eigenvalue weighted by Gasteiger charge is 2.11. The number of carbonyl (C=O) groups is 2. The predicted octanol–water partition coefficient (Wildman–Crippen LogP) is 0.392. The molecule has 0 radical (unpaired) electrons. The summed E-state index contributed by atoms with van der Waals surface area (Å²) >= 11 is 0. The summed E-state index contributed by atoms with van der Waals surface area (Å²) in [5, 5.41) is 7.64. The van der Waals surface area contributed by atoms with Gasteiger partial charge in [-0.05, 0) is 12.5 Å². The standard InChI is InChI=1S/C16H21N7O2/c1-10(11-5-3-2-4-6-11)22-13(24)9-21-16(25)23-15-19-7-12(8-20-15)14(17)18/h2-8,10,14H,9,17-18H2,1H3,(H,22,24)(H2,19,20,21,23,25)/t10-/m0/s1. The molecule has 25 heavy (non-hydrogen) atoms. The fraction of sp³-hybridized carbons (Fsp3) is 0.250. The van der Waals surface area contributed by atoms with Crippen molar-refractivity contribution in [3.05, 3.63) is 53.9 Å². The molecule has 9 heteroatoms. The van der Waals surface area contributed by atoms with Gasteiger partial charge in [-0.25, -0.2) is 14.8 Å². The van der Waals surface area contributed by atoms with Gasteiger partial charge in [-0.1, -0.05) is 30.3 Å². The number of rotatable bonds is 6. The summed E-state index contributed by atoms with van der Waals surface area (Å²) in [5.41, 5.74) is 12.5. The van der Waals surface area contributed by atoms with Crippen LogP contribution in [0.25, 0.3) is 0 Å². The van der Waals surface area contributed by atoms with Gasteiger partial charge in [-0.2, -0.15) is 0 Å². The van der Waals surface area contributed by atoms with E-state index in [4.69, 9.17) is 11.5 Å². The number of carbonyl (C=O) groups excluding carboxylic acids is 2. The van der Waals surface area contributed by atoms with Crippen molar-refractivity contribution >= 4 is 17.9 Å². The lowest BCUT2D eigenvalue weighted by molar-refractivity contribution is -0.120. The van der Waals surface area contributed by atoms with Gasteiger partial charge in [0.25, 0.3) is 0 Å². The number of nitrogens with zero attached hydrogens (tertiary/aromatic N) is 2. The summed E-state index contributed by atoms with van der Waals surface area (Å²) in [6.07, 6.45) is 2.15. The second-order valence-corrected chi connectivity index (χ2v) is 5.37. The number of benzene rings is 1. The van der Waals surface area contributed by atoms with Gasteiger partial charge < -0.3 is 22.1 Å². The number of urea groups is 1. The molecular weight excluding hydrogens is 322 g/mol. The van der Waals surface area contributed by atoms with E-state index in [2.05, 4.69) is 25.9 Å². The van der Waals surface area contributed by atoms with E-state index in [0.717, 1.165) is 5.56 Å². The third-order valence-electron chi connectivity index (χ3n) is 3.37. The van der Waals surface area contributed by atoms with Crippen molar-refractivity contribution < 1.29 is 9.59 Å². The maximum atomic E-state index is 11.9. The fourth-order valence-electron chi connectivity index (χ4n) is 2.00. The normalized spacial score (nSPS) is 11.7. The van der Waals surface area contributed by atoms with Crippen LogP contribution in [-0.2, 0) is 4.79 Å². The molecule has 1 aromatic carbocycles. The molecule has 0 saturated heterocycles. The van der Waals surface area contributed by atoms with Crippen LogP contribution in [0.4, 0.5) is 10.7 Å². The summed E-state index contributed by atoms with van der Waals surface area (Å²) < 4.78 is 0. The van der Waals surface area contributed by atoms with Crippen LogP contribution in [0.5, 0.6) is 0 Å². The number of anilines is 1. The average molecular weight is 343 g/mol. The highest BCUT2D eigenvalue weighted by molar-refractivity contribution is 5.90. The molecule has 132 valence electrons. The maximum Gasteiger partial charge on any atom is 0.322 e. The SMILES string of the molecule is C[C@H](NC(=O)CNC(=O)Nc1ncc(C(N)N)cn1)c1ccccc1. The smallest absolute Gasteiger partial charge is 0.322 e. The highest BCUT2D eigenvalue weighted by Crippen LogP contribution is 2.10. The Balaban J connectivity index is 1.76. The van der Waals surface area contributed by atoms with Gasteiger partial charge >= 0.3 is 6.03 Å². The van der Waals surface area contributed by atoms with Crippen LogP contribution in [0, 0.1) is 0 Å². The van der Waals surface area contributed by atoms with Crippen molar-refractivity contribution in [2.45, 2.75) is 19.1 Å². The molecule has 0 aliphatic rings. The van der Waals surface area contributed by atoms with E-state index < -0.39 is 12.2 Å². The summed E-state index contributed by atoms with van der Waals surface area (Å²) in [6.45, 7) is 1.69. The number of nitrogens with two attached hydrogens (primary N) is 2. The molecule has 0 bridgehead atoms. The number of aromatic nitrogens is 2. The topological polar surface area (TPSA) is 148 Å². The first-order chi connectivity index (χ1) is 12.0. The van der Waals surface area contributed by atoms with Crippen LogP contribution in [0.15, 0.2) is 42.7 Å². The highest BCUT2D eigenvalue weighted by atomic mass is 16.2. The van der Waals surface area contributed by atoms with E-state index in [1.54, 1.807) is 0 Å². The molecule has 0 aliphatic heterocycles. The molecule has 1 atom stereocenters. The fourth-order valence-corrected chi connectivity index (χ4v) is 2.00. The van der Waals surface area contributed by atoms with E-state index in [9.17, 15) is 9.59 Å². The molecule has 7 N–H and O–H groups in total. The third-order valence-corrected chi connectivity index (χ3v) is 3.37. The molecule has 2 aromatic rings. The number of hydrogen-bond acceptors (Lipinski definition) is 6. The Hall–Kier alpha value is -3.04. The van der Waals surface area contributed by atoms with E-state index in [1.807, 2.05) is 37.3 Å². The molecule has 0 aliphatic carbocycles. The van der Waals surface area contributed by atoms with E-state index in [-0.39, 0.29) is 24.4 Å². The number of nitrogens with one attached hydrogen (secondary N) is 3. The minimum Gasteiger partial charge on any atom is -0.348 e. The van der Waals surface area contributed by atoms with Gasteiger partial charge in [-0.3, -0.25) is 10.1 Å². The molecule has 0 saturated carbocycles. The minimum atomic E-state index is -0.682. The monoisotopic (exact) mass is 343 g/mol. The van der Waals surface area contributed by atoms with Gasteiger partial charge in [0.05, 0.1) is 18.8 Å². The van der Waals surface area contributed by atoms with Crippen molar-refractivity contribution in [2.24, 2.45) is 11.5 Å². The summed E-state index contributed by atoms with van der Waals surface area (Å²) in [6, 6.07) is 8.78.